The first-order valence-corrected chi connectivity index (χ1v) is 7.53. The van der Waals surface area contributed by atoms with Gasteiger partial charge in [0.05, 0.1) is 15.6 Å². The van der Waals surface area contributed by atoms with Gasteiger partial charge in [-0.15, -0.1) is 11.3 Å². The van der Waals surface area contributed by atoms with E-state index in [4.69, 9.17) is 0 Å². The Balaban J connectivity index is 1.78. The van der Waals surface area contributed by atoms with Crippen molar-refractivity contribution >= 4 is 17.0 Å². The molecule has 1 aliphatic heterocycles. The second-order valence-corrected chi connectivity index (χ2v) is 5.87. The van der Waals surface area contributed by atoms with Crippen molar-refractivity contribution in [2.24, 2.45) is 0 Å². The zero-order valence-corrected chi connectivity index (χ0v) is 11.7. The van der Waals surface area contributed by atoms with Crippen LogP contribution in [0.3, 0.4) is 0 Å². The average Bonchev–Trinajstić information content (AvgIpc) is 3.11. The number of rotatable bonds is 4. The number of nitro groups is 1. The molecule has 1 aromatic heterocycles. The number of benzene rings is 1. The van der Waals surface area contributed by atoms with Crippen LogP contribution in [-0.4, -0.2) is 22.5 Å². The summed E-state index contributed by atoms with van der Waals surface area (Å²) in [4.78, 5) is 15.0. The van der Waals surface area contributed by atoms with Gasteiger partial charge in [-0.3, -0.25) is 10.1 Å². The summed E-state index contributed by atoms with van der Waals surface area (Å²) in [5.41, 5.74) is 1.74. The lowest BCUT2D eigenvalue weighted by atomic mass is 10.1. The first-order chi connectivity index (χ1) is 9.72. The highest BCUT2D eigenvalue weighted by Gasteiger charge is 2.17. The molecule has 1 aromatic carbocycles. The van der Waals surface area contributed by atoms with E-state index in [1.54, 1.807) is 23.5 Å². The molecule has 0 aliphatic carbocycles. The molecule has 0 radical (unpaired) electrons. The van der Waals surface area contributed by atoms with Gasteiger partial charge in [-0.25, -0.2) is 4.98 Å². The van der Waals surface area contributed by atoms with Crippen LogP contribution in [0.1, 0.15) is 17.8 Å². The molecule has 0 saturated carbocycles. The Bertz CT molecular complexity index is 620. The maximum atomic E-state index is 10.8. The summed E-state index contributed by atoms with van der Waals surface area (Å²) in [5, 5.41) is 17.3. The van der Waals surface area contributed by atoms with Crippen molar-refractivity contribution < 1.29 is 4.92 Å². The Labute approximate surface area is 120 Å². The molecule has 1 N–H and O–H groups in total. The van der Waals surface area contributed by atoms with Crippen LogP contribution < -0.4 is 5.32 Å². The van der Waals surface area contributed by atoms with E-state index in [0.717, 1.165) is 29.2 Å². The molecule has 1 fully saturated rings. The van der Waals surface area contributed by atoms with Crippen molar-refractivity contribution in [2.75, 3.05) is 6.54 Å². The lowest BCUT2D eigenvalue weighted by molar-refractivity contribution is -0.384. The van der Waals surface area contributed by atoms with Crippen LogP contribution >= 0.6 is 11.3 Å². The second-order valence-electron chi connectivity index (χ2n) is 4.93. The highest BCUT2D eigenvalue weighted by molar-refractivity contribution is 7.09. The van der Waals surface area contributed by atoms with Crippen molar-refractivity contribution in [3.8, 4) is 11.3 Å². The number of nitrogens with one attached hydrogen (secondary N) is 1. The van der Waals surface area contributed by atoms with Crippen molar-refractivity contribution in [1.82, 2.24) is 10.3 Å². The molecule has 1 unspecified atom stereocenters. The first kappa shape index (κ1) is 13.2. The van der Waals surface area contributed by atoms with E-state index in [1.165, 1.54) is 18.9 Å². The first-order valence-electron chi connectivity index (χ1n) is 6.65. The molecule has 1 atom stereocenters. The molecule has 3 rings (SSSR count). The zero-order chi connectivity index (χ0) is 13.9. The quantitative estimate of drug-likeness (QED) is 0.694. The Morgan fingerprint density at radius 2 is 2.40 bits per heavy atom. The topological polar surface area (TPSA) is 68.1 Å². The number of hydrogen-bond donors (Lipinski definition) is 1. The molecule has 2 aromatic rings. The fourth-order valence-electron chi connectivity index (χ4n) is 2.46. The van der Waals surface area contributed by atoms with Gasteiger partial charge in [0.25, 0.3) is 5.69 Å². The van der Waals surface area contributed by atoms with E-state index in [1.807, 2.05) is 11.4 Å². The minimum Gasteiger partial charge on any atom is -0.314 e. The van der Waals surface area contributed by atoms with Crippen LogP contribution in [0, 0.1) is 10.1 Å². The summed E-state index contributed by atoms with van der Waals surface area (Å²) in [7, 11) is 0. The SMILES string of the molecule is O=[N+]([O-])c1cccc(-c2csc(CC3CCCN3)n2)c1. The molecule has 0 spiro atoms. The number of aromatic nitrogens is 1. The van der Waals surface area contributed by atoms with Gasteiger partial charge in [0, 0.05) is 35.5 Å². The fraction of sp³-hybridized carbons (Fsp3) is 0.357. The minimum absolute atomic E-state index is 0.106. The molecule has 6 heteroatoms. The normalized spacial score (nSPS) is 18.3. The Morgan fingerprint density at radius 1 is 1.50 bits per heavy atom. The number of nitro benzene ring substituents is 1. The van der Waals surface area contributed by atoms with Crippen LogP contribution in [-0.2, 0) is 6.42 Å². The van der Waals surface area contributed by atoms with Crippen molar-refractivity contribution in [3.63, 3.8) is 0 Å². The molecule has 5 nitrogen and oxygen atoms in total. The summed E-state index contributed by atoms with van der Waals surface area (Å²) < 4.78 is 0. The Kier molecular flexibility index (Phi) is 3.75. The smallest absolute Gasteiger partial charge is 0.270 e. The van der Waals surface area contributed by atoms with Crippen LogP contribution in [0.5, 0.6) is 0 Å². The van der Waals surface area contributed by atoms with E-state index < -0.39 is 0 Å². The van der Waals surface area contributed by atoms with E-state index in [0.29, 0.717) is 6.04 Å². The summed E-state index contributed by atoms with van der Waals surface area (Å²) in [6.45, 7) is 1.09. The molecule has 104 valence electrons. The van der Waals surface area contributed by atoms with Crippen LogP contribution in [0.2, 0.25) is 0 Å². The lowest BCUT2D eigenvalue weighted by Gasteiger charge is -2.06. The van der Waals surface area contributed by atoms with Crippen LogP contribution in [0.4, 0.5) is 5.69 Å². The van der Waals surface area contributed by atoms with Gasteiger partial charge in [-0.2, -0.15) is 0 Å². The maximum Gasteiger partial charge on any atom is 0.270 e. The minimum atomic E-state index is -0.376. The summed E-state index contributed by atoms with van der Waals surface area (Å²) in [6.07, 6.45) is 3.37. The number of nitrogens with zero attached hydrogens (tertiary/aromatic N) is 2. The van der Waals surface area contributed by atoms with E-state index in [2.05, 4.69) is 10.3 Å². The standard InChI is InChI=1S/C14H15N3O2S/c18-17(19)12-5-1-3-10(7-12)13-9-20-14(16-13)8-11-4-2-6-15-11/h1,3,5,7,9,11,15H,2,4,6,8H2. The molecule has 1 aliphatic rings. The van der Waals surface area contributed by atoms with E-state index in [9.17, 15) is 10.1 Å². The average molecular weight is 289 g/mol. The monoisotopic (exact) mass is 289 g/mol. The highest BCUT2D eigenvalue weighted by atomic mass is 32.1. The lowest BCUT2D eigenvalue weighted by Crippen LogP contribution is -2.23. The largest absolute Gasteiger partial charge is 0.314 e. The summed E-state index contributed by atoms with van der Waals surface area (Å²) in [5.74, 6) is 0. The van der Waals surface area contributed by atoms with Crippen molar-refractivity contribution in [1.29, 1.82) is 0 Å². The molecular weight excluding hydrogens is 274 g/mol. The number of thiazole rings is 1. The summed E-state index contributed by atoms with van der Waals surface area (Å²) in [6, 6.07) is 7.16. The fourth-order valence-corrected chi connectivity index (χ4v) is 3.34. The summed E-state index contributed by atoms with van der Waals surface area (Å²) >= 11 is 1.62. The van der Waals surface area contributed by atoms with E-state index >= 15 is 0 Å². The third-order valence-electron chi connectivity index (χ3n) is 3.49. The number of hydrogen-bond acceptors (Lipinski definition) is 5. The van der Waals surface area contributed by atoms with Crippen molar-refractivity contribution in [2.45, 2.75) is 25.3 Å². The van der Waals surface area contributed by atoms with Gasteiger partial charge < -0.3 is 5.32 Å². The van der Waals surface area contributed by atoms with Crippen LogP contribution in [0.15, 0.2) is 29.6 Å². The maximum absolute atomic E-state index is 10.8. The Morgan fingerprint density at radius 3 is 3.15 bits per heavy atom. The predicted molar refractivity (Wildman–Crippen MR) is 78.9 cm³/mol. The van der Waals surface area contributed by atoms with Gasteiger partial charge in [0.15, 0.2) is 0 Å². The molecule has 0 amide bonds. The van der Waals surface area contributed by atoms with Gasteiger partial charge in [-0.1, -0.05) is 12.1 Å². The van der Waals surface area contributed by atoms with Gasteiger partial charge in [-0.05, 0) is 19.4 Å². The molecule has 1 saturated heterocycles. The second kappa shape index (κ2) is 5.68. The van der Waals surface area contributed by atoms with Gasteiger partial charge in [0.1, 0.15) is 0 Å². The third-order valence-corrected chi connectivity index (χ3v) is 4.36. The van der Waals surface area contributed by atoms with Crippen LogP contribution in [0.25, 0.3) is 11.3 Å². The highest BCUT2D eigenvalue weighted by Crippen LogP contribution is 2.26. The molecule has 0 bridgehead atoms. The molecule has 2 heterocycles. The molecule has 20 heavy (non-hydrogen) atoms. The predicted octanol–water partition coefficient (Wildman–Crippen LogP) is 3.01. The van der Waals surface area contributed by atoms with Crippen molar-refractivity contribution in [3.05, 3.63) is 44.8 Å². The molecular formula is C14H15N3O2S. The van der Waals surface area contributed by atoms with Gasteiger partial charge in [0.2, 0.25) is 0 Å². The Hall–Kier alpha value is -1.79. The zero-order valence-electron chi connectivity index (χ0n) is 10.9. The van der Waals surface area contributed by atoms with Gasteiger partial charge >= 0.3 is 0 Å². The third kappa shape index (κ3) is 2.86. The number of non-ortho nitro benzene ring substituents is 1. The van der Waals surface area contributed by atoms with E-state index in [-0.39, 0.29) is 10.6 Å².